The van der Waals surface area contributed by atoms with E-state index >= 15 is 0 Å². The van der Waals surface area contributed by atoms with E-state index in [1.54, 1.807) is 0 Å². The van der Waals surface area contributed by atoms with Gasteiger partial charge >= 0.3 is 0 Å². The highest BCUT2D eigenvalue weighted by atomic mass is 15.1. The van der Waals surface area contributed by atoms with Crippen LogP contribution in [0.15, 0.2) is 315 Å². The third-order valence-electron chi connectivity index (χ3n) is 22.1. The summed E-state index contributed by atoms with van der Waals surface area (Å²) in [5, 5.41) is 15.4. The number of fused-ring (bicyclic) bond motifs is 9. The van der Waals surface area contributed by atoms with E-state index in [9.17, 15) is 0 Å². The summed E-state index contributed by atoms with van der Waals surface area (Å²) in [6.07, 6.45) is 8.84. The zero-order chi connectivity index (χ0) is 77.5. The molecular formula is C110H92N2. The molecule has 0 atom stereocenters. The number of hydrogen-bond acceptors (Lipinski definition) is 2. The monoisotopic (exact) mass is 1440 g/mol. The van der Waals surface area contributed by atoms with E-state index in [4.69, 9.17) is 0 Å². The van der Waals surface area contributed by atoms with E-state index in [0.29, 0.717) is 0 Å². The van der Waals surface area contributed by atoms with Crippen LogP contribution in [0.5, 0.6) is 0 Å². The Kier molecular flexibility index (Phi) is 21.6. The van der Waals surface area contributed by atoms with Crippen LogP contribution in [0, 0.1) is 107 Å². The zero-order valence-corrected chi connectivity index (χ0v) is 66.2. The molecule has 0 unspecified atom stereocenters. The predicted octanol–water partition coefficient (Wildman–Crippen LogP) is 29.8. The third kappa shape index (κ3) is 16.3. The van der Waals surface area contributed by atoms with Gasteiger partial charge in [0.25, 0.3) is 0 Å². The Bertz CT molecular complexity index is 6150. The van der Waals surface area contributed by atoms with E-state index in [2.05, 4.69) is 456 Å². The van der Waals surface area contributed by atoms with Gasteiger partial charge in [0.2, 0.25) is 0 Å². The summed E-state index contributed by atoms with van der Waals surface area (Å²) in [4.78, 5) is 4.70. The molecule has 0 aliphatic carbocycles. The highest BCUT2D eigenvalue weighted by molar-refractivity contribution is 6.15. The minimum absolute atomic E-state index is 1.02. The van der Waals surface area contributed by atoms with Gasteiger partial charge in [0.05, 0.1) is 0 Å². The van der Waals surface area contributed by atoms with Crippen molar-refractivity contribution in [3.63, 3.8) is 0 Å². The lowest BCUT2D eigenvalue weighted by atomic mass is 9.91. The lowest BCUT2D eigenvalue weighted by Gasteiger charge is -2.26. The van der Waals surface area contributed by atoms with Gasteiger partial charge in [-0.25, -0.2) is 0 Å². The van der Waals surface area contributed by atoms with Crippen molar-refractivity contribution in [1.29, 1.82) is 0 Å². The fraction of sp³-hybridized carbons (Fsp3) is 0.109. The van der Waals surface area contributed by atoms with Crippen molar-refractivity contribution in [3.05, 3.63) is 427 Å². The summed E-state index contributed by atoms with van der Waals surface area (Å²) in [5.74, 6) is 13.3. The molecule has 0 aliphatic heterocycles. The number of rotatable bonds is 10. The summed E-state index contributed by atoms with van der Waals surface area (Å²) < 4.78 is 0. The van der Waals surface area contributed by atoms with Crippen LogP contribution >= 0.6 is 0 Å². The normalized spacial score (nSPS) is 11.2. The lowest BCUT2D eigenvalue weighted by Crippen LogP contribution is -2.09. The molecule has 0 heterocycles. The van der Waals surface area contributed by atoms with Crippen molar-refractivity contribution in [2.24, 2.45) is 0 Å². The Morgan fingerprint density at radius 2 is 0.384 bits per heavy atom. The molecule has 2 heteroatoms. The first-order valence-electron chi connectivity index (χ1n) is 38.8. The second-order valence-corrected chi connectivity index (χ2v) is 30.1. The molecule has 0 saturated carbocycles. The smallest absolute Gasteiger partial charge is 0.0468 e. The molecule has 17 rings (SSSR count). The van der Waals surface area contributed by atoms with Crippen LogP contribution in [-0.2, 0) is 0 Å². The molecule has 0 amide bonds. The number of hydrogen-bond donors (Lipinski definition) is 0. The molecule has 0 aliphatic rings. The van der Waals surface area contributed by atoms with Crippen LogP contribution in [-0.4, -0.2) is 0 Å². The van der Waals surface area contributed by atoms with Crippen LogP contribution < -0.4 is 9.80 Å². The molecule has 17 aromatic rings. The van der Waals surface area contributed by atoms with Crippen LogP contribution in [0.3, 0.4) is 0 Å². The number of nitrogens with zero attached hydrogens (tertiary/aromatic N) is 2. The van der Waals surface area contributed by atoms with E-state index < -0.39 is 0 Å². The zero-order valence-electron chi connectivity index (χ0n) is 66.2. The molecule has 0 aromatic heterocycles. The first kappa shape index (κ1) is 74.0. The first-order valence-corrected chi connectivity index (χ1v) is 38.8. The van der Waals surface area contributed by atoms with Crippen molar-refractivity contribution in [1.82, 2.24) is 0 Å². The highest BCUT2D eigenvalue weighted by Gasteiger charge is 2.19. The summed E-state index contributed by atoms with van der Waals surface area (Å²) in [6, 6.07) is 114. The lowest BCUT2D eigenvalue weighted by molar-refractivity contribution is 1.28. The quantitative estimate of drug-likeness (QED) is 0.0765. The van der Waals surface area contributed by atoms with Gasteiger partial charge in [-0.15, -0.1) is 0 Å². The first-order chi connectivity index (χ1) is 54.4. The molecule has 542 valence electrons. The molecule has 0 N–H and O–H groups in total. The van der Waals surface area contributed by atoms with E-state index in [1.165, 1.54) is 154 Å². The fourth-order valence-electron chi connectivity index (χ4n) is 15.2. The van der Waals surface area contributed by atoms with Gasteiger partial charge in [-0.2, -0.15) is 0 Å². The molecule has 0 radical (unpaired) electrons. The van der Waals surface area contributed by atoms with E-state index in [-0.39, 0.29) is 0 Å². The van der Waals surface area contributed by atoms with Gasteiger partial charge in [-0.3, -0.25) is 0 Å². The van der Waals surface area contributed by atoms with E-state index in [0.717, 1.165) is 56.4 Å². The molecule has 0 bridgehead atoms. The third-order valence-corrected chi connectivity index (χ3v) is 22.1. The van der Waals surface area contributed by atoms with Gasteiger partial charge in [0, 0.05) is 56.4 Å². The largest absolute Gasteiger partial charge is 0.310 e. The standard InChI is InChI=1S/2C38H33N.C34H26/c2*1-26-10-14-30(15-11-26)16-17-31-18-22-35-28(3)29(4)36-23-21-34(25-38(36)37(35)24-31)39(32-8-6-5-7-9-32)33-19-12-27(2)13-20-33;1-23-5-9-27(10-6-23)13-15-29-17-19-31-25(3)26(4)32-20-18-30(22-34(32)33(31)21-29)16-14-28-11-7-24(2)8-12-28/h2*5-25H,1-4H3;5-12,17-22H,1-4H3/b2*17-16+;. The van der Waals surface area contributed by atoms with Crippen LogP contribution in [0.4, 0.5) is 34.1 Å². The maximum Gasteiger partial charge on any atom is 0.0468 e. The van der Waals surface area contributed by atoms with Crippen molar-refractivity contribution >= 4 is 123 Å². The van der Waals surface area contributed by atoms with Crippen molar-refractivity contribution < 1.29 is 0 Å². The Balaban J connectivity index is 0.000000133. The summed E-state index contributed by atoms with van der Waals surface area (Å²) in [5.41, 5.74) is 31.4. The summed E-state index contributed by atoms with van der Waals surface area (Å²) in [6.45, 7) is 26.1. The summed E-state index contributed by atoms with van der Waals surface area (Å²) in [7, 11) is 0. The number of aryl methyl sites for hydroxylation is 12. The number of para-hydroxylation sites is 2. The second kappa shape index (κ2) is 32.8. The van der Waals surface area contributed by atoms with Crippen molar-refractivity contribution in [3.8, 4) is 23.7 Å². The Labute approximate surface area is 662 Å². The topological polar surface area (TPSA) is 6.48 Å². The number of benzene rings is 17. The second-order valence-electron chi connectivity index (χ2n) is 30.1. The van der Waals surface area contributed by atoms with Gasteiger partial charge in [0.1, 0.15) is 0 Å². The van der Waals surface area contributed by atoms with Gasteiger partial charge < -0.3 is 9.80 Å². The predicted molar refractivity (Wildman–Crippen MR) is 486 cm³/mol. The average Bonchev–Trinajstić information content (AvgIpc) is 0.757. The maximum absolute atomic E-state index is 3.36. The van der Waals surface area contributed by atoms with Crippen LogP contribution in [0.2, 0.25) is 0 Å². The minimum Gasteiger partial charge on any atom is -0.310 e. The van der Waals surface area contributed by atoms with Crippen molar-refractivity contribution in [2.45, 2.75) is 83.1 Å². The fourth-order valence-corrected chi connectivity index (χ4v) is 15.2. The van der Waals surface area contributed by atoms with Gasteiger partial charge in [0.15, 0.2) is 0 Å². The minimum atomic E-state index is 1.02. The SMILES string of the molecule is Cc1ccc(/C=C/c2ccc3c(C)c(C)c4ccc(N(c5ccccc5)c5ccc(C)cc5)cc4c3c2)cc1.Cc1ccc(/C=C/c2ccc3c(C)c(C)c4ccc(N(c5ccccc5)c5ccc(C)cc5)cc4c3c2)cc1.Cc1ccc(C#Cc2ccc3c(C)c(C)c4ccc(C#Cc5ccc(C)cc5)cc4c3c2)cc1. The van der Waals surface area contributed by atoms with Crippen LogP contribution in [0.25, 0.3) is 88.9 Å². The van der Waals surface area contributed by atoms with Gasteiger partial charge in [-0.05, 0) is 337 Å². The van der Waals surface area contributed by atoms with Crippen LogP contribution in [0.1, 0.15) is 111 Å². The molecule has 17 aromatic carbocycles. The molecular weight excluding hydrogens is 1350 g/mol. The van der Waals surface area contributed by atoms with Crippen molar-refractivity contribution in [2.75, 3.05) is 9.80 Å². The molecule has 0 spiro atoms. The highest BCUT2D eigenvalue weighted by Crippen LogP contribution is 2.43. The number of anilines is 6. The Hall–Kier alpha value is -13.5. The Morgan fingerprint density at radius 1 is 0.170 bits per heavy atom. The molecule has 0 fully saturated rings. The maximum atomic E-state index is 3.36. The molecule has 112 heavy (non-hydrogen) atoms. The molecule has 0 saturated heterocycles. The van der Waals surface area contributed by atoms with E-state index in [1.807, 2.05) is 0 Å². The molecule has 2 nitrogen and oxygen atoms in total. The summed E-state index contributed by atoms with van der Waals surface area (Å²) >= 11 is 0. The Morgan fingerprint density at radius 3 is 0.705 bits per heavy atom. The van der Waals surface area contributed by atoms with Gasteiger partial charge in [-0.1, -0.05) is 263 Å². The average molecular weight is 1440 g/mol.